The number of amides is 1. The molecule has 3 N–H and O–H groups in total. The minimum atomic E-state index is -0.0674. The van der Waals surface area contributed by atoms with E-state index in [2.05, 4.69) is 5.32 Å². The molecule has 0 fully saturated rings. The Morgan fingerprint density at radius 3 is 2.42 bits per heavy atom. The molecule has 0 bridgehead atoms. The van der Waals surface area contributed by atoms with Crippen LogP contribution in [0.15, 0.2) is 18.2 Å². The van der Waals surface area contributed by atoms with Crippen LogP contribution in [0.3, 0.4) is 0 Å². The third-order valence-corrected chi connectivity index (χ3v) is 3.70. The lowest BCUT2D eigenvalue weighted by Gasteiger charge is -2.30. The number of rotatable bonds is 4. The Kier molecular flexibility index (Phi) is 5.65. The van der Waals surface area contributed by atoms with Crippen molar-refractivity contribution in [3.05, 3.63) is 33.8 Å². The van der Waals surface area contributed by atoms with Crippen LogP contribution in [0.25, 0.3) is 0 Å². The third-order valence-electron chi connectivity index (χ3n) is 2.96. The summed E-state index contributed by atoms with van der Waals surface area (Å²) >= 11 is 11.8. The number of nitrogens with one attached hydrogen (secondary N) is 1. The van der Waals surface area contributed by atoms with Gasteiger partial charge < -0.3 is 11.1 Å². The van der Waals surface area contributed by atoms with Crippen molar-refractivity contribution >= 4 is 29.1 Å². The Bertz CT molecular complexity index is 455. The van der Waals surface area contributed by atoms with E-state index in [4.69, 9.17) is 28.9 Å². The molecule has 0 heterocycles. The predicted molar refractivity (Wildman–Crippen MR) is 80.6 cm³/mol. The molecule has 1 aromatic rings. The Balaban J connectivity index is 2.67. The van der Waals surface area contributed by atoms with E-state index < -0.39 is 0 Å². The molecule has 1 unspecified atom stereocenters. The first-order chi connectivity index (χ1) is 8.74. The number of benzene rings is 1. The quantitative estimate of drug-likeness (QED) is 0.898. The van der Waals surface area contributed by atoms with Gasteiger partial charge in [0.05, 0.1) is 16.5 Å². The van der Waals surface area contributed by atoms with Gasteiger partial charge in [-0.3, -0.25) is 4.79 Å². The maximum absolute atomic E-state index is 12.0. The highest BCUT2D eigenvalue weighted by Crippen LogP contribution is 2.23. The standard InChI is InChI=1S/C14H20Cl2N2O/c1-14(2,3)12(8-17)18-13(19)7-9-4-5-10(15)11(16)6-9/h4-6,12H,7-8,17H2,1-3H3,(H,18,19). The first-order valence-electron chi connectivity index (χ1n) is 6.17. The average Bonchev–Trinajstić information content (AvgIpc) is 2.29. The van der Waals surface area contributed by atoms with Gasteiger partial charge in [0, 0.05) is 12.6 Å². The number of carbonyl (C=O) groups excluding carboxylic acids is 1. The third kappa shape index (κ3) is 5.01. The van der Waals surface area contributed by atoms with Crippen molar-refractivity contribution in [1.29, 1.82) is 0 Å². The molecule has 1 aromatic carbocycles. The zero-order valence-electron chi connectivity index (χ0n) is 11.5. The van der Waals surface area contributed by atoms with Crippen LogP contribution >= 0.6 is 23.2 Å². The van der Waals surface area contributed by atoms with E-state index in [0.29, 0.717) is 16.6 Å². The van der Waals surface area contributed by atoms with Crippen molar-refractivity contribution in [2.45, 2.75) is 33.2 Å². The zero-order chi connectivity index (χ0) is 14.6. The molecular weight excluding hydrogens is 283 g/mol. The van der Waals surface area contributed by atoms with Crippen LogP contribution in [-0.4, -0.2) is 18.5 Å². The molecule has 0 aliphatic heterocycles. The molecule has 0 spiro atoms. The maximum Gasteiger partial charge on any atom is 0.224 e. The van der Waals surface area contributed by atoms with Gasteiger partial charge in [-0.25, -0.2) is 0 Å². The highest BCUT2D eigenvalue weighted by Gasteiger charge is 2.24. The smallest absolute Gasteiger partial charge is 0.224 e. The van der Waals surface area contributed by atoms with Crippen LogP contribution in [0, 0.1) is 5.41 Å². The van der Waals surface area contributed by atoms with Crippen molar-refractivity contribution < 1.29 is 4.79 Å². The van der Waals surface area contributed by atoms with E-state index in [9.17, 15) is 4.79 Å². The number of carbonyl (C=O) groups is 1. The fourth-order valence-corrected chi connectivity index (χ4v) is 2.03. The Hall–Kier alpha value is -0.770. The number of hydrogen-bond acceptors (Lipinski definition) is 2. The molecule has 1 atom stereocenters. The first kappa shape index (κ1) is 16.3. The van der Waals surface area contributed by atoms with Crippen molar-refractivity contribution in [3.8, 4) is 0 Å². The van der Waals surface area contributed by atoms with Crippen molar-refractivity contribution in [1.82, 2.24) is 5.32 Å². The van der Waals surface area contributed by atoms with E-state index in [-0.39, 0.29) is 23.8 Å². The highest BCUT2D eigenvalue weighted by molar-refractivity contribution is 6.42. The van der Waals surface area contributed by atoms with E-state index in [1.807, 2.05) is 20.8 Å². The van der Waals surface area contributed by atoms with Crippen LogP contribution in [0.1, 0.15) is 26.3 Å². The summed E-state index contributed by atoms with van der Waals surface area (Å²) in [7, 11) is 0. The lowest BCUT2D eigenvalue weighted by molar-refractivity contribution is -0.121. The normalized spacial score (nSPS) is 13.2. The highest BCUT2D eigenvalue weighted by atomic mass is 35.5. The van der Waals surface area contributed by atoms with Gasteiger partial charge in [-0.2, -0.15) is 0 Å². The van der Waals surface area contributed by atoms with Gasteiger partial charge in [0.1, 0.15) is 0 Å². The summed E-state index contributed by atoms with van der Waals surface area (Å²) in [6.45, 7) is 6.55. The molecule has 0 aliphatic carbocycles. The Labute approximate surface area is 124 Å². The predicted octanol–water partition coefficient (Wildman–Crippen LogP) is 3.03. The summed E-state index contributed by atoms with van der Waals surface area (Å²) in [6, 6.07) is 5.14. The van der Waals surface area contributed by atoms with Gasteiger partial charge in [0.15, 0.2) is 0 Å². The molecule has 1 rings (SSSR count). The van der Waals surface area contributed by atoms with Crippen LogP contribution in [0.5, 0.6) is 0 Å². The molecule has 106 valence electrons. The van der Waals surface area contributed by atoms with E-state index in [1.165, 1.54) is 0 Å². The summed E-state index contributed by atoms with van der Waals surface area (Å²) in [5.74, 6) is -0.0660. The molecule has 0 saturated carbocycles. The van der Waals surface area contributed by atoms with Gasteiger partial charge in [0.25, 0.3) is 0 Å². The molecule has 0 aliphatic rings. The van der Waals surface area contributed by atoms with Crippen molar-refractivity contribution in [2.75, 3.05) is 6.54 Å². The second-order valence-electron chi connectivity index (χ2n) is 5.65. The summed E-state index contributed by atoms with van der Waals surface area (Å²) in [5.41, 5.74) is 6.45. The van der Waals surface area contributed by atoms with Crippen LogP contribution in [-0.2, 0) is 11.2 Å². The number of nitrogens with two attached hydrogens (primary N) is 1. The zero-order valence-corrected chi connectivity index (χ0v) is 13.0. The number of halogens is 2. The molecular formula is C14H20Cl2N2O. The summed E-state index contributed by atoms with van der Waals surface area (Å²) in [5, 5.41) is 3.89. The second kappa shape index (κ2) is 6.60. The fraction of sp³-hybridized carbons (Fsp3) is 0.500. The number of hydrogen-bond donors (Lipinski definition) is 2. The largest absolute Gasteiger partial charge is 0.351 e. The molecule has 0 radical (unpaired) electrons. The minimum absolute atomic E-state index is 0.0530. The van der Waals surface area contributed by atoms with Crippen molar-refractivity contribution in [3.63, 3.8) is 0 Å². The molecule has 1 amide bonds. The minimum Gasteiger partial charge on any atom is -0.351 e. The van der Waals surface area contributed by atoms with Gasteiger partial charge in [-0.15, -0.1) is 0 Å². The van der Waals surface area contributed by atoms with E-state index in [0.717, 1.165) is 5.56 Å². The Morgan fingerprint density at radius 2 is 1.95 bits per heavy atom. The molecule has 3 nitrogen and oxygen atoms in total. The lowest BCUT2D eigenvalue weighted by atomic mass is 9.86. The second-order valence-corrected chi connectivity index (χ2v) is 6.46. The van der Waals surface area contributed by atoms with Crippen LogP contribution in [0.4, 0.5) is 0 Å². The average molecular weight is 303 g/mol. The van der Waals surface area contributed by atoms with Gasteiger partial charge in [0.2, 0.25) is 5.91 Å². The Morgan fingerprint density at radius 1 is 1.32 bits per heavy atom. The molecule has 0 aromatic heterocycles. The van der Waals surface area contributed by atoms with E-state index in [1.54, 1.807) is 18.2 Å². The summed E-state index contributed by atoms with van der Waals surface area (Å²) in [6.07, 6.45) is 0.267. The van der Waals surface area contributed by atoms with Crippen LogP contribution < -0.4 is 11.1 Å². The van der Waals surface area contributed by atoms with Crippen LogP contribution in [0.2, 0.25) is 10.0 Å². The monoisotopic (exact) mass is 302 g/mol. The van der Waals surface area contributed by atoms with Crippen molar-refractivity contribution in [2.24, 2.45) is 11.1 Å². The topological polar surface area (TPSA) is 55.1 Å². The molecule has 0 saturated heterocycles. The lowest BCUT2D eigenvalue weighted by Crippen LogP contribution is -2.48. The first-order valence-corrected chi connectivity index (χ1v) is 6.93. The molecule has 5 heteroatoms. The summed E-state index contributed by atoms with van der Waals surface area (Å²) < 4.78 is 0. The SMILES string of the molecule is CC(C)(C)C(CN)NC(=O)Cc1ccc(Cl)c(Cl)c1. The van der Waals surface area contributed by atoms with E-state index >= 15 is 0 Å². The summed E-state index contributed by atoms with van der Waals surface area (Å²) in [4.78, 5) is 12.0. The van der Waals surface area contributed by atoms with Gasteiger partial charge >= 0.3 is 0 Å². The maximum atomic E-state index is 12.0. The van der Waals surface area contributed by atoms with Gasteiger partial charge in [-0.05, 0) is 23.1 Å². The fourth-order valence-electron chi connectivity index (χ4n) is 1.71. The van der Waals surface area contributed by atoms with Gasteiger partial charge in [-0.1, -0.05) is 50.0 Å². The molecule has 19 heavy (non-hydrogen) atoms.